The molecular weight excluding hydrogens is 258 g/mol. The summed E-state index contributed by atoms with van der Waals surface area (Å²) >= 11 is 0. The van der Waals surface area contributed by atoms with E-state index in [1.165, 1.54) is 6.82 Å². The predicted molar refractivity (Wildman–Crippen MR) is 76.2 cm³/mol. The molecule has 1 atom stereocenters. The lowest BCUT2D eigenvalue weighted by atomic mass is 9.88. The minimum atomic E-state index is -0.953. The Morgan fingerprint density at radius 3 is 2.60 bits per heavy atom. The van der Waals surface area contributed by atoms with Crippen LogP contribution in [0.5, 0.6) is 0 Å². The average Bonchev–Trinajstić information content (AvgIpc) is 2.41. The molecule has 0 aliphatic carbocycles. The monoisotopic (exact) mass is 274 g/mol. The van der Waals surface area contributed by atoms with Crippen molar-refractivity contribution < 1.29 is 19.3 Å². The van der Waals surface area contributed by atoms with Gasteiger partial charge in [-0.1, -0.05) is 30.3 Å². The Kier molecular flexibility index (Phi) is 6.83. The molecule has 2 radical (unpaired) electrons. The fourth-order valence-corrected chi connectivity index (χ4v) is 1.48. The molecule has 0 bridgehead atoms. The van der Waals surface area contributed by atoms with Gasteiger partial charge in [-0.15, -0.1) is 0 Å². The first-order chi connectivity index (χ1) is 9.49. The van der Waals surface area contributed by atoms with Crippen molar-refractivity contribution >= 4 is 26.7 Å². The number of carbonyl (C=O) groups excluding carboxylic acids is 2. The van der Waals surface area contributed by atoms with Gasteiger partial charge < -0.3 is 20.3 Å². The van der Waals surface area contributed by atoms with Crippen LogP contribution in [0.3, 0.4) is 0 Å². The van der Waals surface area contributed by atoms with E-state index >= 15 is 0 Å². The summed E-state index contributed by atoms with van der Waals surface area (Å²) < 4.78 is 5.09. The zero-order valence-electron chi connectivity index (χ0n) is 11.2. The molecule has 0 spiro atoms. The number of hydrogen-bond acceptors (Lipinski definition) is 5. The summed E-state index contributed by atoms with van der Waals surface area (Å²) in [6, 6.07) is 8.20. The number of nitrogens with one attached hydrogen (secondary N) is 2. The lowest BCUT2D eigenvalue weighted by molar-refractivity contribution is -0.146. The van der Waals surface area contributed by atoms with E-state index in [-0.39, 0.29) is 13.2 Å². The summed E-state index contributed by atoms with van der Waals surface area (Å²) in [6.45, 7) is 1.62. The molecule has 1 unspecified atom stereocenters. The number of hydrogen-bond donors (Lipinski definition) is 3. The first-order valence-electron chi connectivity index (χ1n) is 6.17. The third kappa shape index (κ3) is 6.40. The van der Waals surface area contributed by atoms with Crippen LogP contribution in [0.15, 0.2) is 30.3 Å². The van der Waals surface area contributed by atoms with Crippen molar-refractivity contribution in [3.63, 3.8) is 0 Å². The largest absolute Gasteiger partial charge is 0.459 e. The summed E-state index contributed by atoms with van der Waals surface area (Å²) in [5.41, 5.74) is 0.835. The van der Waals surface area contributed by atoms with Gasteiger partial charge in [-0.2, -0.15) is 0 Å². The summed E-state index contributed by atoms with van der Waals surface area (Å²) in [4.78, 5) is 22.7. The van der Waals surface area contributed by atoms with Crippen LogP contribution in [0.2, 0.25) is 6.82 Å². The molecule has 0 aromatic heterocycles. The predicted octanol–water partition coefficient (Wildman–Crippen LogP) is -0.324. The van der Waals surface area contributed by atoms with Crippen LogP contribution in [-0.4, -0.2) is 44.3 Å². The van der Waals surface area contributed by atoms with E-state index in [0.29, 0.717) is 0 Å². The molecule has 1 aromatic rings. The van der Waals surface area contributed by atoms with E-state index in [1.54, 1.807) is 0 Å². The van der Waals surface area contributed by atoms with Crippen LogP contribution in [-0.2, 0) is 16.1 Å². The van der Waals surface area contributed by atoms with Gasteiger partial charge in [0.25, 0.3) is 0 Å². The number of ether oxygens (including phenoxy) is 1. The summed E-state index contributed by atoms with van der Waals surface area (Å²) in [7, 11) is 4.19. The summed E-state index contributed by atoms with van der Waals surface area (Å²) in [5, 5.41) is 14.0. The van der Waals surface area contributed by atoms with Crippen molar-refractivity contribution in [2.24, 2.45) is 0 Å². The number of rotatable bonds is 7. The third-order valence-electron chi connectivity index (χ3n) is 2.44. The topological polar surface area (TPSA) is 87.7 Å². The Morgan fingerprint density at radius 2 is 2.05 bits per heavy atom. The first kappa shape index (κ1) is 16.3. The fraction of sp³-hybridized carbons (Fsp3) is 0.333. The molecule has 1 rings (SSSR count). The van der Waals surface area contributed by atoms with Crippen LogP contribution in [0, 0.1) is 0 Å². The van der Waals surface area contributed by atoms with Crippen molar-refractivity contribution in [3.05, 3.63) is 35.9 Å². The molecule has 3 N–H and O–H groups in total. The van der Waals surface area contributed by atoms with Crippen LogP contribution in [0.25, 0.3) is 0 Å². The molecule has 104 valence electrons. The Balaban J connectivity index is 2.51. The van der Waals surface area contributed by atoms with Gasteiger partial charge in [-0.25, -0.2) is 4.79 Å². The second-order valence-corrected chi connectivity index (χ2v) is 4.24. The lowest BCUT2D eigenvalue weighted by Crippen LogP contribution is -2.50. The lowest BCUT2D eigenvalue weighted by Gasteiger charge is -2.18. The Morgan fingerprint density at radius 1 is 1.40 bits per heavy atom. The fourth-order valence-electron chi connectivity index (χ4n) is 1.48. The molecule has 6 nitrogen and oxygen atoms in total. The Bertz CT molecular complexity index is 442. The molecule has 8 heteroatoms. The first-order valence-corrected chi connectivity index (χ1v) is 6.17. The van der Waals surface area contributed by atoms with Gasteiger partial charge in [-0.05, 0) is 12.4 Å². The van der Waals surface area contributed by atoms with Crippen LogP contribution >= 0.6 is 0 Å². The molecule has 0 saturated heterocycles. The highest BCUT2D eigenvalue weighted by atomic mass is 16.5. The van der Waals surface area contributed by atoms with E-state index in [0.717, 1.165) is 5.56 Å². The Hall–Kier alpha value is -1.79. The zero-order chi connectivity index (χ0) is 15.0. The Labute approximate surface area is 119 Å². The maximum atomic E-state index is 11.9. The van der Waals surface area contributed by atoms with E-state index in [4.69, 9.17) is 17.6 Å². The standard InChI is InChI=1S/C12H16B2N2O4/c1-14(19)15-7-10(16-12(13)18)11(17)20-8-9-5-3-2-4-6-9/h2-6,10,15,19H,7-8H2,1H3,(H,16,18). The van der Waals surface area contributed by atoms with Gasteiger partial charge in [0.05, 0.1) is 0 Å². The highest BCUT2D eigenvalue weighted by Gasteiger charge is 2.21. The van der Waals surface area contributed by atoms with Crippen molar-refractivity contribution in [1.29, 1.82) is 0 Å². The molecule has 20 heavy (non-hydrogen) atoms. The molecule has 0 aliphatic heterocycles. The zero-order valence-corrected chi connectivity index (χ0v) is 11.2. The third-order valence-corrected chi connectivity index (χ3v) is 2.44. The summed E-state index contributed by atoms with van der Waals surface area (Å²) in [5.74, 6) is -1.46. The van der Waals surface area contributed by atoms with E-state index < -0.39 is 24.9 Å². The number of esters is 1. The van der Waals surface area contributed by atoms with E-state index in [2.05, 4.69) is 10.5 Å². The van der Waals surface area contributed by atoms with Crippen molar-refractivity contribution in [2.45, 2.75) is 19.5 Å². The molecule has 0 heterocycles. The van der Waals surface area contributed by atoms with Crippen LogP contribution in [0.4, 0.5) is 4.79 Å². The molecule has 1 aromatic carbocycles. The van der Waals surface area contributed by atoms with E-state index in [1.807, 2.05) is 30.3 Å². The van der Waals surface area contributed by atoms with Crippen molar-refractivity contribution in [3.8, 4) is 0 Å². The maximum absolute atomic E-state index is 11.9. The van der Waals surface area contributed by atoms with Gasteiger partial charge in [0.2, 0.25) is 7.85 Å². The second kappa shape index (κ2) is 8.39. The highest BCUT2D eigenvalue weighted by molar-refractivity contribution is 6.57. The van der Waals surface area contributed by atoms with Crippen LogP contribution < -0.4 is 10.5 Å². The quantitative estimate of drug-likeness (QED) is 0.468. The van der Waals surface area contributed by atoms with Gasteiger partial charge in [0.1, 0.15) is 12.6 Å². The maximum Gasteiger partial charge on any atom is 0.373 e. The summed E-state index contributed by atoms with van der Waals surface area (Å²) in [6.07, 6.45) is 0. The molecule has 0 fully saturated rings. The second-order valence-electron chi connectivity index (χ2n) is 4.24. The van der Waals surface area contributed by atoms with Crippen LogP contribution in [0.1, 0.15) is 5.56 Å². The van der Waals surface area contributed by atoms with Gasteiger partial charge in [0, 0.05) is 6.54 Å². The average molecular weight is 274 g/mol. The number of carbonyl (C=O) groups is 2. The number of amides is 1. The molecule has 0 aliphatic rings. The highest BCUT2D eigenvalue weighted by Crippen LogP contribution is 2.02. The SMILES string of the molecule is [B]C(=O)NC(CNB(C)O)C(=O)OCc1ccccc1. The minimum absolute atomic E-state index is 0.0221. The van der Waals surface area contributed by atoms with Gasteiger partial charge in [-0.3, -0.25) is 4.79 Å². The number of benzene rings is 1. The van der Waals surface area contributed by atoms with Gasteiger partial charge >= 0.3 is 13.0 Å². The molecule has 0 saturated carbocycles. The minimum Gasteiger partial charge on any atom is -0.459 e. The molecular formula is C12H16B2N2O4. The van der Waals surface area contributed by atoms with Crippen molar-refractivity contribution in [2.75, 3.05) is 6.54 Å². The smallest absolute Gasteiger partial charge is 0.373 e. The normalized spacial score (nSPS) is 11.5. The van der Waals surface area contributed by atoms with Gasteiger partial charge in [0.15, 0.2) is 5.81 Å². The molecule has 1 amide bonds. The van der Waals surface area contributed by atoms with Crippen molar-refractivity contribution in [1.82, 2.24) is 10.5 Å². The van der Waals surface area contributed by atoms with E-state index in [9.17, 15) is 9.59 Å².